The van der Waals surface area contributed by atoms with E-state index in [1.54, 1.807) is 9.66 Å². The second kappa shape index (κ2) is 4.29. The summed E-state index contributed by atoms with van der Waals surface area (Å²) in [5.74, 6) is 0. The van der Waals surface area contributed by atoms with Crippen LogP contribution in [0.25, 0.3) is 0 Å². The molecule has 0 bridgehead atoms. The van der Waals surface area contributed by atoms with Crippen LogP contribution in [0.5, 0.6) is 0 Å². The van der Waals surface area contributed by atoms with Crippen molar-refractivity contribution in [2.24, 2.45) is 0 Å². The molecule has 0 aromatic heterocycles. The van der Waals surface area contributed by atoms with Crippen molar-refractivity contribution < 1.29 is 0 Å². The van der Waals surface area contributed by atoms with Crippen molar-refractivity contribution in [1.82, 2.24) is 0 Å². The van der Waals surface area contributed by atoms with Gasteiger partial charge in [0, 0.05) is 0 Å². The van der Waals surface area contributed by atoms with Crippen molar-refractivity contribution in [2.45, 2.75) is 48.9 Å². The number of hydrogen-bond acceptors (Lipinski definition) is 0. The molecule has 0 aromatic carbocycles. The molecule has 0 aromatic rings. The molecule has 0 radical (unpaired) electrons. The van der Waals surface area contributed by atoms with E-state index in [0.717, 1.165) is 0 Å². The topological polar surface area (TPSA) is 0 Å². The fourth-order valence-electron chi connectivity index (χ4n) is 0.812. The summed E-state index contributed by atoms with van der Waals surface area (Å²) in [6.07, 6.45) is 0. The predicted octanol–water partition coefficient (Wildman–Crippen LogP) is 3.01. The van der Waals surface area contributed by atoms with E-state index in [1.807, 2.05) is 0 Å². The number of hydrogen-bond donors (Lipinski definition) is 0. The second-order valence-electron chi connectivity index (χ2n) is 5.72. The Labute approximate surface area is 80.9 Å². The van der Waals surface area contributed by atoms with Gasteiger partial charge in [0.25, 0.3) is 0 Å². The second-order valence-corrected chi connectivity index (χ2v) is 22.2. The molecule has 0 saturated heterocycles. The van der Waals surface area contributed by atoms with Crippen molar-refractivity contribution in [3.05, 3.63) is 0 Å². The van der Waals surface area contributed by atoms with Gasteiger partial charge in [-0.2, -0.15) is 0 Å². The molecule has 0 N–H and O–H groups in total. The molecule has 0 heterocycles. The molecule has 0 aliphatic carbocycles. The van der Waals surface area contributed by atoms with Crippen LogP contribution >= 0.6 is 0 Å². The van der Waals surface area contributed by atoms with E-state index in [0.29, 0.717) is 15.8 Å². The van der Waals surface area contributed by atoms with Crippen molar-refractivity contribution in [3.63, 3.8) is 0 Å². The summed E-state index contributed by atoms with van der Waals surface area (Å²) in [5, 5.41) is 0. The fourth-order valence-corrected chi connectivity index (χ4v) is 14.6. The molecule has 11 heavy (non-hydrogen) atoms. The van der Waals surface area contributed by atoms with E-state index in [9.17, 15) is 0 Å². The van der Waals surface area contributed by atoms with Crippen LogP contribution in [-0.4, -0.2) is 31.9 Å². The summed E-state index contributed by atoms with van der Waals surface area (Å²) >= 11 is 0.443. The normalized spacial score (nSPS) is 13.6. The van der Waals surface area contributed by atoms with Crippen LogP contribution in [0.15, 0.2) is 0 Å². The average Bonchev–Trinajstić information content (AvgIpc) is 1.55. The standard InChI is InChI=1S/C8H23AsSi2/c1-10(2,3)7-9-8-11(4,5)6/h9H,7-8H2,1-6H3. The Morgan fingerprint density at radius 3 is 1.18 bits per heavy atom. The van der Waals surface area contributed by atoms with Crippen molar-refractivity contribution in [2.75, 3.05) is 0 Å². The zero-order chi connectivity index (χ0) is 9.12. The molecule has 0 aliphatic rings. The summed E-state index contributed by atoms with van der Waals surface area (Å²) in [6.45, 7) is 15.0. The van der Waals surface area contributed by atoms with Gasteiger partial charge in [0.15, 0.2) is 0 Å². The van der Waals surface area contributed by atoms with Crippen LogP contribution in [-0.2, 0) is 0 Å². The zero-order valence-corrected chi connectivity index (χ0v) is 13.0. The molecule has 0 nitrogen and oxygen atoms in total. The van der Waals surface area contributed by atoms with Gasteiger partial charge in [-0.1, -0.05) is 0 Å². The first-order chi connectivity index (χ1) is 4.71. The molecule has 0 saturated carbocycles. The minimum absolute atomic E-state index is 0.443. The van der Waals surface area contributed by atoms with Crippen molar-refractivity contribution >= 4 is 31.9 Å². The Morgan fingerprint density at radius 1 is 0.727 bits per heavy atom. The average molecular weight is 250 g/mol. The third-order valence-corrected chi connectivity index (χ3v) is 20.4. The van der Waals surface area contributed by atoms with Gasteiger partial charge < -0.3 is 0 Å². The third-order valence-electron chi connectivity index (χ3n) is 1.31. The molecule has 0 rings (SSSR count). The summed E-state index contributed by atoms with van der Waals surface area (Å²) in [4.78, 5) is 3.30. The van der Waals surface area contributed by atoms with Gasteiger partial charge in [-0.25, -0.2) is 0 Å². The minimum atomic E-state index is -0.679. The molecule has 3 heteroatoms. The van der Waals surface area contributed by atoms with Gasteiger partial charge in [0.05, 0.1) is 0 Å². The molecular formula is C8H23AsSi2. The molecule has 68 valence electrons. The van der Waals surface area contributed by atoms with Gasteiger partial charge in [-0.05, 0) is 0 Å². The molecule has 0 spiro atoms. The first kappa shape index (κ1) is 12.0. The van der Waals surface area contributed by atoms with Gasteiger partial charge in [0.1, 0.15) is 0 Å². The van der Waals surface area contributed by atoms with E-state index in [4.69, 9.17) is 0 Å². The summed E-state index contributed by atoms with van der Waals surface area (Å²) in [6, 6.07) is 0. The quantitative estimate of drug-likeness (QED) is 0.673. The predicted molar refractivity (Wildman–Crippen MR) is 63.5 cm³/mol. The van der Waals surface area contributed by atoms with Crippen molar-refractivity contribution in [1.29, 1.82) is 0 Å². The summed E-state index contributed by atoms with van der Waals surface area (Å²) < 4.78 is 0. The van der Waals surface area contributed by atoms with E-state index < -0.39 is 16.1 Å². The summed E-state index contributed by atoms with van der Waals surface area (Å²) in [7, 11) is -1.36. The Kier molecular flexibility index (Phi) is 4.68. The van der Waals surface area contributed by atoms with E-state index in [1.165, 1.54) is 0 Å². The third kappa shape index (κ3) is 11.0. The van der Waals surface area contributed by atoms with E-state index in [-0.39, 0.29) is 0 Å². The van der Waals surface area contributed by atoms with Crippen LogP contribution in [0.1, 0.15) is 0 Å². The van der Waals surface area contributed by atoms with Gasteiger partial charge >= 0.3 is 80.8 Å². The van der Waals surface area contributed by atoms with Crippen molar-refractivity contribution in [3.8, 4) is 0 Å². The maximum absolute atomic E-state index is 2.50. The zero-order valence-electron chi connectivity index (χ0n) is 8.91. The maximum atomic E-state index is 2.50. The first-order valence-corrected chi connectivity index (χ1v) is 14.8. The van der Waals surface area contributed by atoms with Gasteiger partial charge in [0.2, 0.25) is 0 Å². The van der Waals surface area contributed by atoms with Gasteiger partial charge in [-0.3, -0.25) is 0 Å². The Hall–Kier alpha value is 0.992. The van der Waals surface area contributed by atoms with Crippen LogP contribution in [0, 0.1) is 0 Å². The van der Waals surface area contributed by atoms with Gasteiger partial charge in [-0.15, -0.1) is 0 Å². The molecular weight excluding hydrogens is 227 g/mol. The Morgan fingerprint density at radius 2 is 1.00 bits per heavy atom. The Bertz CT molecular complexity index is 96.2. The molecule has 0 amide bonds. The molecule has 0 aliphatic heterocycles. The summed E-state index contributed by atoms with van der Waals surface area (Å²) in [5.41, 5.74) is 0. The molecule has 0 unspecified atom stereocenters. The van der Waals surface area contributed by atoms with Crippen LogP contribution < -0.4 is 0 Å². The SMILES string of the molecule is C[Si](C)(C)C[AsH]C[Si](C)(C)C. The molecule has 0 atom stereocenters. The fraction of sp³-hybridized carbons (Fsp3) is 1.00. The van der Waals surface area contributed by atoms with Crippen LogP contribution in [0.2, 0.25) is 48.9 Å². The first-order valence-electron chi connectivity index (χ1n) is 4.41. The van der Waals surface area contributed by atoms with E-state index >= 15 is 0 Å². The van der Waals surface area contributed by atoms with E-state index in [2.05, 4.69) is 39.3 Å². The monoisotopic (exact) mass is 250 g/mol. The van der Waals surface area contributed by atoms with Crippen LogP contribution in [0.4, 0.5) is 0 Å². The van der Waals surface area contributed by atoms with Crippen LogP contribution in [0.3, 0.4) is 0 Å². The Balaban J connectivity index is 3.44. The number of rotatable bonds is 4. The molecule has 0 fully saturated rings.